The van der Waals surface area contributed by atoms with Gasteiger partial charge in [0.05, 0.1) is 41.2 Å². The number of carboxylic acids is 1. The lowest BCUT2D eigenvalue weighted by molar-refractivity contribution is -0.150. The molecular formula is C24H28N2O5. The molecule has 1 aromatic heterocycles. The zero-order valence-corrected chi connectivity index (χ0v) is 18.0. The van der Waals surface area contributed by atoms with Gasteiger partial charge in [-0.25, -0.2) is 14.8 Å². The molecule has 3 aromatic rings. The van der Waals surface area contributed by atoms with Gasteiger partial charge in [-0.1, -0.05) is 51.3 Å². The summed E-state index contributed by atoms with van der Waals surface area (Å²) >= 11 is 0. The summed E-state index contributed by atoms with van der Waals surface area (Å²) in [4.78, 5) is 33.1. The maximum Gasteiger partial charge on any atom is 0.337 e. The average molecular weight is 424 g/mol. The number of methoxy groups -OCH3 is 1. The van der Waals surface area contributed by atoms with Crippen LogP contribution in [0.1, 0.15) is 61.6 Å². The van der Waals surface area contributed by atoms with E-state index in [9.17, 15) is 19.8 Å². The van der Waals surface area contributed by atoms with Crippen LogP contribution >= 0.6 is 0 Å². The molecule has 0 aliphatic heterocycles. The number of rotatable bonds is 9. The van der Waals surface area contributed by atoms with Gasteiger partial charge in [0.15, 0.2) is 0 Å². The van der Waals surface area contributed by atoms with Crippen LogP contribution in [0.2, 0.25) is 0 Å². The molecule has 0 saturated heterocycles. The van der Waals surface area contributed by atoms with Crippen molar-refractivity contribution in [1.82, 2.24) is 9.97 Å². The Morgan fingerprint density at radius 3 is 2.32 bits per heavy atom. The second kappa shape index (κ2) is 9.83. The summed E-state index contributed by atoms with van der Waals surface area (Å²) in [5.74, 6) is -1.71. The van der Waals surface area contributed by atoms with Gasteiger partial charge in [0.1, 0.15) is 5.52 Å². The zero-order chi connectivity index (χ0) is 22.5. The van der Waals surface area contributed by atoms with E-state index in [0.717, 1.165) is 19.3 Å². The van der Waals surface area contributed by atoms with Crippen LogP contribution in [-0.2, 0) is 9.53 Å². The highest BCUT2D eigenvalue weighted by molar-refractivity contribution is 6.02. The molecule has 0 amide bonds. The fourth-order valence-corrected chi connectivity index (χ4v) is 3.82. The molecule has 7 heteroatoms. The van der Waals surface area contributed by atoms with E-state index in [1.165, 1.54) is 13.2 Å². The van der Waals surface area contributed by atoms with Crippen molar-refractivity contribution in [2.24, 2.45) is 11.8 Å². The number of hydrogen-bond acceptors (Lipinski definition) is 6. The molecule has 0 bridgehead atoms. The summed E-state index contributed by atoms with van der Waals surface area (Å²) in [6, 6.07) is 9.93. The molecular weight excluding hydrogens is 396 g/mol. The van der Waals surface area contributed by atoms with Gasteiger partial charge in [0.25, 0.3) is 0 Å². The predicted octanol–water partition coefficient (Wildman–Crippen LogP) is 4.52. The summed E-state index contributed by atoms with van der Waals surface area (Å²) < 4.78 is 4.96. The monoisotopic (exact) mass is 424 g/mol. The SMILES string of the molecule is CCC(C)CCCC(C(=O)OC)C(O)c1cccc2nc3c(C(=O)O)cccc3nc12. The molecule has 0 spiro atoms. The van der Waals surface area contributed by atoms with Gasteiger partial charge in [-0.15, -0.1) is 0 Å². The Morgan fingerprint density at radius 2 is 1.68 bits per heavy atom. The molecule has 0 radical (unpaired) electrons. The maximum atomic E-state index is 12.5. The summed E-state index contributed by atoms with van der Waals surface area (Å²) in [6.45, 7) is 4.30. The van der Waals surface area contributed by atoms with Crippen molar-refractivity contribution in [1.29, 1.82) is 0 Å². The molecule has 7 nitrogen and oxygen atoms in total. The minimum atomic E-state index is -1.11. The number of aliphatic hydroxyl groups is 1. The zero-order valence-electron chi connectivity index (χ0n) is 18.0. The first-order valence-electron chi connectivity index (χ1n) is 10.6. The number of ether oxygens (including phenoxy) is 1. The van der Waals surface area contributed by atoms with Crippen LogP contribution in [0.3, 0.4) is 0 Å². The Bertz CT molecular complexity index is 1100. The number of nitrogens with zero attached hydrogens (tertiary/aromatic N) is 2. The minimum Gasteiger partial charge on any atom is -0.478 e. The van der Waals surface area contributed by atoms with E-state index < -0.39 is 24.0 Å². The highest BCUT2D eigenvalue weighted by atomic mass is 16.5. The standard InChI is InChI=1S/C24H28N2O5/c1-4-14(2)8-5-11-17(24(30)31-3)22(27)15-9-6-12-18-20(15)25-19-13-7-10-16(23(28)29)21(19)26-18/h6-7,9-10,12-14,17,22,27H,4-5,8,11H2,1-3H3,(H,28,29). The van der Waals surface area contributed by atoms with Gasteiger partial charge in [-0.3, -0.25) is 4.79 Å². The van der Waals surface area contributed by atoms with Crippen molar-refractivity contribution >= 4 is 34.0 Å². The lowest BCUT2D eigenvalue weighted by Gasteiger charge is -2.22. The van der Waals surface area contributed by atoms with E-state index in [2.05, 4.69) is 23.8 Å². The largest absolute Gasteiger partial charge is 0.478 e. The Labute approximate surface area is 181 Å². The van der Waals surface area contributed by atoms with Gasteiger partial charge >= 0.3 is 11.9 Å². The number of carboxylic acid groups (broad SMARTS) is 1. The molecule has 3 rings (SSSR count). The fraction of sp³-hybridized carbons (Fsp3) is 0.417. The van der Waals surface area contributed by atoms with Crippen molar-refractivity contribution < 1.29 is 24.5 Å². The Balaban J connectivity index is 2.02. The molecule has 0 saturated carbocycles. The van der Waals surface area contributed by atoms with E-state index >= 15 is 0 Å². The molecule has 0 aliphatic carbocycles. The predicted molar refractivity (Wildman–Crippen MR) is 118 cm³/mol. The van der Waals surface area contributed by atoms with E-state index in [1.54, 1.807) is 30.3 Å². The molecule has 31 heavy (non-hydrogen) atoms. The summed E-state index contributed by atoms with van der Waals surface area (Å²) in [5.41, 5.74) is 2.15. The number of hydrogen-bond donors (Lipinski definition) is 2. The van der Waals surface area contributed by atoms with Crippen LogP contribution in [0.25, 0.3) is 22.1 Å². The number of fused-ring (bicyclic) bond motifs is 2. The minimum absolute atomic E-state index is 0.0651. The van der Waals surface area contributed by atoms with Gasteiger partial charge in [-0.05, 0) is 30.5 Å². The number of aliphatic hydroxyl groups excluding tert-OH is 1. The lowest BCUT2D eigenvalue weighted by Crippen LogP contribution is -2.24. The average Bonchev–Trinajstić information content (AvgIpc) is 2.78. The summed E-state index contributed by atoms with van der Waals surface area (Å²) in [5, 5.41) is 20.6. The van der Waals surface area contributed by atoms with E-state index in [1.807, 2.05) is 0 Å². The first-order valence-corrected chi connectivity index (χ1v) is 10.6. The molecule has 1 heterocycles. The number of carbonyl (C=O) groups excluding carboxylic acids is 1. The maximum absolute atomic E-state index is 12.5. The molecule has 0 fully saturated rings. The van der Waals surface area contributed by atoms with Crippen molar-refractivity contribution in [3.8, 4) is 0 Å². The molecule has 0 aliphatic rings. The fourth-order valence-electron chi connectivity index (χ4n) is 3.82. The second-order valence-corrected chi connectivity index (χ2v) is 7.94. The number of benzene rings is 2. The number of esters is 1. The number of aromatic carboxylic acids is 1. The Morgan fingerprint density at radius 1 is 1.03 bits per heavy atom. The normalized spacial score (nSPS) is 14.3. The molecule has 164 valence electrons. The first kappa shape index (κ1) is 22.6. The van der Waals surface area contributed by atoms with E-state index in [0.29, 0.717) is 34.5 Å². The van der Waals surface area contributed by atoms with Crippen LogP contribution in [-0.4, -0.2) is 39.2 Å². The lowest BCUT2D eigenvalue weighted by atomic mass is 9.88. The van der Waals surface area contributed by atoms with E-state index in [-0.39, 0.29) is 11.1 Å². The first-order chi connectivity index (χ1) is 14.9. The van der Waals surface area contributed by atoms with Gasteiger partial charge < -0.3 is 14.9 Å². The van der Waals surface area contributed by atoms with Gasteiger partial charge in [-0.2, -0.15) is 0 Å². The summed E-state index contributed by atoms with van der Waals surface area (Å²) in [7, 11) is 1.32. The second-order valence-electron chi connectivity index (χ2n) is 7.94. The highest BCUT2D eigenvalue weighted by Crippen LogP contribution is 2.33. The number of aromatic nitrogens is 2. The van der Waals surface area contributed by atoms with Crippen LogP contribution in [0.5, 0.6) is 0 Å². The van der Waals surface area contributed by atoms with Crippen LogP contribution in [0.15, 0.2) is 36.4 Å². The highest BCUT2D eigenvalue weighted by Gasteiger charge is 2.30. The molecule has 2 aromatic carbocycles. The molecule has 3 atom stereocenters. The van der Waals surface area contributed by atoms with E-state index in [4.69, 9.17) is 4.74 Å². The van der Waals surface area contributed by atoms with Crippen molar-refractivity contribution in [2.45, 2.75) is 45.6 Å². The molecule has 3 unspecified atom stereocenters. The van der Waals surface area contributed by atoms with Gasteiger partial charge in [0, 0.05) is 5.56 Å². The number of carbonyl (C=O) groups is 2. The third kappa shape index (κ3) is 4.82. The van der Waals surface area contributed by atoms with Gasteiger partial charge in [0.2, 0.25) is 0 Å². The topological polar surface area (TPSA) is 110 Å². The van der Waals surface area contributed by atoms with Crippen molar-refractivity contribution in [2.75, 3.05) is 7.11 Å². The Hall–Kier alpha value is -3.06. The van der Waals surface area contributed by atoms with Crippen molar-refractivity contribution in [3.63, 3.8) is 0 Å². The summed E-state index contributed by atoms with van der Waals surface area (Å²) in [6.07, 6.45) is 2.22. The quantitative estimate of drug-likeness (QED) is 0.384. The van der Waals surface area contributed by atoms with Crippen molar-refractivity contribution in [3.05, 3.63) is 47.5 Å². The number of para-hydroxylation sites is 2. The third-order valence-electron chi connectivity index (χ3n) is 5.87. The third-order valence-corrected chi connectivity index (χ3v) is 5.87. The smallest absolute Gasteiger partial charge is 0.337 e. The van der Waals surface area contributed by atoms with Crippen LogP contribution in [0.4, 0.5) is 0 Å². The van der Waals surface area contributed by atoms with Crippen LogP contribution in [0, 0.1) is 11.8 Å². The molecule has 2 N–H and O–H groups in total. The Kier molecular flexibility index (Phi) is 7.17. The van der Waals surface area contributed by atoms with Crippen LogP contribution < -0.4 is 0 Å².